The van der Waals surface area contributed by atoms with E-state index in [1.54, 1.807) is 20.8 Å². The lowest BCUT2D eigenvalue weighted by Crippen LogP contribution is -2.65. The van der Waals surface area contributed by atoms with Gasteiger partial charge in [0, 0.05) is 6.54 Å². The molecule has 1 fully saturated rings. The van der Waals surface area contributed by atoms with Crippen LogP contribution < -0.4 is 10.6 Å². The first kappa shape index (κ1) is 22.8. The fraction of sp³-hybridized carbons (Fsp3) is 0.417. The maximum absolute atomic E-state index is 12.6. The molecule has 0 radical (unpaired) electrons. The fourth-order valence-corrected chi connectivity index (χ4v) is 3.27. The van der Waals surface area contributed by atoms with Crippen LogP contribution in [0.2, 0.25) is 0 Å². The van der Waals surface area contributed by atoms with Gasteiger partial charge in [-0.15, -0.1) is 0 Å². The number of hydrogen-bond donors (Lipinski definition) is 2. The molecule has 2 aromatic carbocycles. The second kappa shape index (κ2) is 10.4. The summed E-state index contributed by atoms with van der Waals surface area (Å²) >= 11 is 0. The highest BCUT2D eigenvalue weighted by Gasteiger charge is 2.42. The molecule has 1 heterocycles. The molecule has 0 bridgehead atoms. The number of benzene rings is 2. The van der Waals surface area contributed by atoms with E-state index < -0.39 is 29.9 Å². The summed E-state index contributed by atoms with van der Waals surface area (Å²) in [6.07, 6.45) is -1.79. The van der Waals surface area contributed by atoms with Crippen molar-refractivity contribution in [2.24, 2.45) is 0 Å². The number of piperidine rings is 1. The van der Waals surface area contributed by atoms with Crippen molar-refractivity contribution >= 4 is 12.0 Å². The van der Waals surface area contributed by atoms with Gasteiger partial charge in [0.2, 0.25) is 5.91 Å². The third-order valence-electron chi connectivity index (χ3n) is 4.72. The molecule has 166 valence electrons. The van der Waals surface area contributed by atoms with Crippen LogP contribution in [0, 0.1) is 0 Å². The van der Waals surface area contributed by atoms with E-state index in [0.29, 0.717) is 6.61 Å². The molecule has 0 unspecified atom stereocenters. The van der Waals surface area contributed by atoms with E-state index in [0.717, 1.165) is 11.1 Å². The highest BCUT2D eigenvalue weighted by atomic mass is 16.6. The monoisotopic (exact) mass is 426 g/mol. The number of amides is 2. The molecule has 0 aliphatic carbocycles. The Morgan fingerprint density at radius 1 is 0.968 bits per heavy atom. The fourth-order valence-electron chi connectivity index (χ4n) is 3.27. The summed E-state index contributed by atoms with van der Waals surface area (Å²) in [4.78, 5) is 25.0. The van der Waals surface area contributed by atoms with E-state index in [4.69, 9.17) is 14.2 Å². The third kappa shape index (κ3) is 7.08. The summed E-state index contributed by atoms with van der Waals surface area (Å²) in [5.41, 5.74) is 1.29. The Hall–Kier alpha value is -2.90. The van der Waals surface area contributed by atoms with Gasteiger partial charge in [-0.25, -0.2) is 4.79 Å². The number of rotatable bonds is 7. The molecule has 0 aromatic heterocycles. The largest absolute Gasteiger partial charge is 0.444 e. The molecule has 7 heteroatoms. The molecular formula is C24H30N2O5. The van der Waals surface area contributed by atoms with Gasteiger partial charge in [-0.2, -0.15) is 0 Å². The molecule has 3 rings (SSSR count). The van der Waals surface area contributed by atoms with Gasteiger partial charge >= 0.3 is 6.09 Å². The molecule has 3 atom stereocenters. The molecule has 1 aliphatic rings. The minimum atomic E-state index is -0.937. The zero-order valence-corrected chi connectivity index (χ0v) is 18.2. The standard InChI is InChI=1S/C24H30N2O5/c1-24(2,3)31-23(28)26-20-21(30-16-18-12-8-5-9-13-18)19(14-25-22(20)27)29-15-17-10-6-4-7-11-17/h4-13,19-21H,14-16H2,1-3H3,(H,25,27)(H,26,28)/t19-,20+,21+/m0/s1. The van der Waals surface area contributed by atoms with Gasteiger partial charge in [0.05, 0.1) is 13.2 Å². The summed E-state index contributed by atoms with van der Waals surface area (Å²) in [6.45, 7) is 6.24. The van der Waals surface area contributed by atoms with Gasteiger partial charge in [-0.05, 0) is 31.9 Å². The van der Waals surface area contributed by atoms with Gasteiger partial charge in [-0.3, -0.25) is 4.79 Å². The van der Waals surface area contributed by atoms with Crippen LogP contribution in [0.25, 0.3) is 0 Å². The van der Waals surface area contributed by atoms with Crippen molar-refractivity contribution in [1.82, 2.24) is 10.6 Å². The van der Waals surface area contributed by atoms with E-state index in [2.05, 4.69) is 10.6 Å². The summed E-state index contributed by atoms with van der Waals surface area (Å²) in [5.74, 6) is -0.330. The Morgan fingerprint density at radius 3 is 2.06 bits per heavy atom. The molecule has 7 nitrogen and oxygen atoms in total. The minimum absolute atomic E-state index is 0.288. The van der Waals surface area contributed by atoms with Crippen LogP contribution in [0.4, 0.5) is 4.79 Å². The van der Waals surface area contributed by atoms with Gasteiger partial charge in [0.25, 0.3) is 0 Å². The number of hydrogen-bond acceptors (Lipinski definition) is 5. The number of alkyl carbamates (subject to hydrolysis) is 1. The molecule has 2 aromatic rings. The molecule has 1 aliphatic heterocycles. The molecule has 31 heavy (non-hydrogen) atoms. The van der Waals surface area contributed by atoms with E-state index in [9.17, 15) is 9.59 Å². The quantitative estimate of drug-likeness (QED) is 0.710. The second-order valence-electron chi connectivity index (χ2n) is 8.47. The van der Waals surface area contributed by atoms with Crippen molar-refractivity contribution in [3.63, 3.8) is 0 Å². The molecule has 2 amide bonds. The van der Waals surface area contributed by atoms with Crippen molar-refractivity contribution in [2.45, 2.75) is 57.8 Å². The topological polar surface area (TPSA) is 85.9 Å². The first-order valence-electron chi connectivity index (χ1n) is 10.4. The van der Waals surface area contributed by atoms with Crippen LogP contribution in [-0.2, 0) is 32.2 Å². The van der Waals surface area contributed by atoms with Crippen LogP contribution in [0.3, 0.4) is 0 Å². The van der Waals surface area contributed by atoms with E-state index >= 15 is 0 Å². The first-order chi connectivity index (χ1) is 14.8. The van der Waals surface area contributed by atoms with Crippen molar-refractivity contribution in [1.29, 1.82) is 0 Å². The van der Waals surface area contributed by atoms with Crippen LogP contribution in [0.15, 0.2) is 60.7 Å². The minimum Gasteiger partial charge on any atom is -0.444 e. The SMILES string of the molecule is CC(C)(C)OC(=O)N[C@H]1C(=O)NC[C@H](OCc2ccccc2)[C@H]1OCc1ccccc1. The summed E-state index contributed by atoms with van der Waals surface area (Å²) in [6, 6.07) is 18.5. The number of carbonyl (C=O) groups excluding carboxylic acids is 2. The number of ether oxygens (including phenoxy) is 3. The summed E-state index contributed by atoms with van der Waals surface area (Å²) in [5, 5.41) is 5.46. The van der Waals surface area contributed by atoms with Crippen molar-refractivity contribution in [3.8, 4) is 0 Å². The predicted octanol–water partition coefficient (Wildman–Crippen LogP) is 3.18. The average Bonchev–Trinajstić information content (AvgIpc) is 2.73. The molecule has 2 N–H and O–H groups in total. The maximum atomic E-state index is 12.6. The highest BCUT2D eigenvalue weighted by Crippen LogP contribution is 2.19. The Balaban J connectivity index is 1.73. The maximum Gasteiger partial charge on any atom is 0.408 e. The Bertz CT molecular complexity index is 851. The lowest BCUT2D eigenvalue weighted by atomic mass is 9.99. The van der Waals surface area contributed by atoms with Crippen LogP contribution in [-0.4, -0.2) is 42.4 Å². The van der Waals surface area contributed by atoms with E-state index in [-0.39, 0.29) is 19.1 Å². The molecule has 0 spiro atoms. The Labute approximate surface area is 183 Å². The first-order valence-corrected chi connectivity index (χ1v) is 10.4. The molecule has 0 saturated carbocycles. The Kier molecular flexibility index (Phi) is 7.65. The van der Waals surface area contributed by atoms with Crippen molar-refractivity contribution in [3.05, 3.63) is 71.8 Å². The number of nitrogens with one attached hydrogen (secondary N) is 2. The second-order valence-corrected chi connectivity index (χ2v) is 8.47. The zero-order valence-electron chi connectivity index (χ0n) is 18.2. The van der Waals surface area contributed by atoms with Crippen LogP contribution in [0.5, 0.6) is 0 Å². The van der Waals surface area contributed by atoms with E-state index in [1.165, 1.54) is 0 Å². The number of carbonyl (C=O) groups is 2. The third-order valence-corrected chi connectivity index (χ3v) is 4.72. The molecular weight excluding hydrogens is 396 g/mol. The lowest BCUT2D eigenvalue weighted by molar-refractivity contribution is -0.147. The van der Waals surface area contributed by atoms with Gasteiger partial charge < -0.3 is 24.8 Å². The zero-order chi connectivity index (χ0) is 22.3. The van der Waals surface area contributed by atoms with Gasteiger partial charge in [0.15, 0.2) is 0 Å². The van der Waals surface area contributed by atoms with Gasteiger partial charge in [0.1, 0.15) is 23.9 Å². The van der Waals surface area contributed by atoms with E-state index in [1.807, 2.05) is 60.7 Å². The van der Waals surface area contributed by atoms with Gasteiger partial charge in [-0.1, -0.05) is 60.7 Å². The smallest absolute Gasteiger partial charge is 0.408 e. The summed E-state index contributed by atoms with van der Waals surface area (Å²) in [7, 11) is 0. The average molecular weight is 427 g/mol. The molecule has 1 saturated heterocycles. The normalized spacial score (nSPS) is 21.3. The van der Waals surface area contributed by atoms with Crippen molar-refractivity contribution in [2.75, 3.05) is 6.54 Å². The predicted molar refractivity (Wildman–Crippen MR) is 116 cm³/mol. The summed E-state index contributed by atoms with van der Waals surface area (Å²) < 4.78 is 17.6. The Morgan fingerprint density at radius 2 is 1.52 bits per heavy atom. The lowest BCUT2D eigenvalue weighted by Gasteiger charge is -2.37. The van der Waals surface area contributed by atoms with Crippen LogP contribution >= 0.6 is 0 Å². The van der Waals surface area contributed by atoms with Crippen LogP contribution in [0.1, 0.15) is 31.9 Å². The van der Waals surface area contributed by atoms with Crippen molar-refractivity contribution < 1.29 is 23.8 Å². The highest BCUT2D eigenvalue weighted by molar-refractivity contribution is 5.87.